The fourth-order valence-electron chi connectivity index (χ4n) is 6.17. The van der Waals surface area contributed by atoms with Gasteiger partial charge in [-0.3, -0.25) is 9.59 Å². The van der Waals surface area contributed by atoms with Gasteiger partial charge in [-0.25, -0.2) is 4.98 Å². The lowest BCUT2D eigenvalue weighted by Gasteiger charge is -2.27. The number of carbonyl (C=O) groups excluding carboxylic acids is 2. The van der Waals surface area contributed by atoms with E-state index >= 15 is 0 Å². The Hall–Kier alpha value is -3.65. The van der Waals surface area contributed by atoms with Crippen molar-refractivity contribution >= 4 is 39.4 Å². The van der Waals surface area contributed by atoms with Crippen LogP contribution in [0, 0.1) is 0 Å². The zero-order valence-corrected chi connectivity index (χ0v) is 21.0. The molecule has 2 amide bonds. The Morgan fingerprint density at radius 2 is 2.00 bits per heavy atom. The summed E-state index contributed by atoms with van der Waals surface area (Å²) in [6.45, 7) is 1.79. The summed E-state index contributed by atoms with van der Waals surface area (Å²) in [5.74, 6) is 1.25. The van der Waals surface area contributed by atoms with Crippen molar-refractivity contribution in [2.24, 2.45) is 7.05 Å². The molecule has 1 unspecified atom stereocenters. The highest BCUT2D eigenvalue weighted by Crippen LogP contribution is 2.39. The van der Waals surface area contributed by atoms with Crippen molar-refractivity contribution in [3.05, 3.63) is 59.0 Å². The molecule has 1 saturated heterocycles. The van der Waals surface area contributed by atoms with Gasteiger partial charge in [0, 0.05) is 48.3 Å². The minimum absolute atomic E-state index is 0.0466. The Kier molecular flexibility index (Phi) is 5.32. The van der Waals surface area contributed by atoms with Gasteiger partial charge in [-0.05, 0) is 55.9 Å². The SMILES string of the molecule is Cn1c(C2CCC2)nc2cc(C(=O)N3CCc4c([nH]c5ccccc45)C3)cc(NC(=O)C3CCCO3)c21. The first-order chi connectivity index (χ1) is 18.1. The highest BCUT2D eigenvalue weighted by atomic mass is 16.5. The number of rotatable bonds is 4. The number of amides is 2. The van der Waals surface area contributed by atoms with Crippen LogP contribution < -0.4 is 5.32 Å². The van der Waals surface area contributed by atoms with Crippen LogP contribution in [0.1, 0.15) is 65.5 Å². The van der Waals surface area contributed by atoms with E-state index in [1.54, 1.807) is 0 Å². The van der Waals surface area contributed by atoms with Gasteiger partial charge in [-0.2, -0.15) is 0 Å². The Morgan fingerprint density at radius 1 is 1.14 bits per heavy atom. The molecule has 0 bridgehead atoms. The molecule has 2 aromatic carbocycles. The second-order valence-electron chi connectivity index (χ2n) is 10.6. The van der Waals surface area contributed by atoms with Crippen molar-refractivity contribution in [2.45, 2.75) is 57.1 Å². The second-order valence-corrected chi connectivity index (χ2v) is 10.6. The van der Waals surface area contributed by atoms with Crippen LogP contribution in [0.25, 0.3) is 21.9 Å². The van der Waals surface area contributed by atoms with Crippen molar-refractivity contribution in [2.75, 3.05) is 18.5 Å². The molecule has 190 valence electrons. The largest absolute Gasteiger partial charge is 0.368 e. The molecule has 1 aliphatic carbocycles. The molecule has 3 aliphatic rings. The number of para-hydroxylation sites is 1. The van der Waals surface area contributed by atoms with Crippen LogP contribution in [0.2, 0.25) is 0 Å². The Morgan fingerprint density at radius 3 is 2.78 bits per heavy atom. The third-order valence-corrected chi connectivity index (χ3v) is 8.37. The van der Waals surface area contributed by atoms with Gasteiger partial charge >= 0.3 is 0 Å². The summed E-state index contributed by atoms with van der Waals surface area (Å²) in [7, 11) is 2.01. The summed E-state index contributed by atoms with van der Waals surface area (Å²) in [6, 6.07) is 12.0. The average molecular weight is 498 g/mol. The number of hydrogen-bond donors (Lipinski definition) is 2. The van der Waals surface area contributed by atoms with Gasteiger partial charge in [-0.1, -0.05) is 24.6 Å². The number of aryl methyl sites for hydroxylation is 1. The van der Waals surface area contributed by atoms with E-state index in [2.05, 4.69) is 33.1 Å². The van der Waals surface area contributed by atoms with Gasteiger partial charge in [0.25, 0.3) is 11.8 Å². The fraction of sp³-hybridized carbons (Fsp3) is 0.414. The first-order valence-electron chi connectivity index (χ1n) is 13.4. The summed E-state index contributed by atoms with van der Waals surface area (Å²) in [5, 5.41) is 4.32. The maximum absolute atomic E-state index is 13.8. The molecule has 1 saturated carbocycles. The zero-order valence-electron chi connectivity index (χ0n) is 21.0. The fourth-order valence-corrected chi connectivity index (χ4v) is 6.17. The third-order valence-electron chi connectivity index (χ3n) is 8.37. The minimum atomic E-state index is -0.448. The van der Waals surface area contributed by atoms with Gasteiger partial charge in [0.2, 0.25) is 0 Å². The number of fused-ring (bicyclic) bond motifs is 4. The van der Waals surface area contributed by atoms with Gasteiger partial charge in [-0.15, -0.1) is 0 Å². The normalized spacial score (nSPS) is 19.8. The minimum Gasteiger partial charge on any atom is -0.368 e. The first kappa shape index (κ1) is 22.5. The molecule has 0 radical (unpaired) electrons. The molecule has 0 spiro atoms. The molecule has 1 atom stereocenters. The molecule has 2 aromatic heterocycles. The molecule has 4 aromatic rings. The number of hydrogen-bond acceptors (Lipinski definition) is 4. The van der Waals surface area contributed by atoms with E-state index in [9.17, 15) is 9.59 Å². The lowest BCUT2D eigenvalue weighted by atomic mass is 9.85. The lowest BCUT2D eigenvalue weighted by molar-refractivity contribution is -0.124. The van der Waals surface area contributed by atoms with Crippen LogP contribution in [0.15, 0.2) is 36.4 Å². The van der Waals surface area contributed by atoms with Crippen molar-refractivity contribution < 1.29 is 14.3 Å². The highest BCUT2D eigenvalue weighted by Gasteiger charge is 2.30. The Balaban J connectivity index is 1.24. The number of carbonyl (C=O) groups is 2. The molecule has 8 heteroatoms. The van der Waals surface area contributed by atoms with E-state index < -0.39 is 6.10 Å². The van der Waals surface area contributed by atoms with E-state index in [1.807, 2.05) is 30.1 Å². The number of anilines is 1. The number of nitrogens with zero attached hydrogens (tertiary/aromatic N) is 3. The second kappa shape index (κ2) is 8.73. The van der Waals surface area contributed by atoms with E-state index in [1.165, 1.54) is 17.4 Å². The van der Waals surface area contributed by atoms with Gasteiger partial charge in [0.15, 0.2) is 0 Å². The molecule has 37 heavy (non-hydrogen) atoms. The van der Waals surface area contributed by atoms with E-state index in [0.717, 1.165) is 53.8 Å². The molecule has 8 nitrogen and oxygen atoms in total. The van der Waals surface area contributed by atoms with Crippen molar-refractivity contribution in [3.8, 4) is 0 Å². The predicted octanol–water partition coefficient (Wildman–Crippen LogP) is 4.64. The van der Waals surface area contributed by atoms with Crippen LogP contribution in [-0.4, -0.2) is 50.5 Å². The molecule has 2 aliphatic heterocycles. The number of H-pyrrole nitrogens is 1. The van der Waals surface area contributed by atoms with Crippen molar-refractivity contribution in [1.29, 1.82) is 0 Å². The van der Waals surface area contributed by atoms with E-state index in [0.29, 0.717) is 43.3 Å². The monoisotopic (exact) mass is 497 g/mol. The molecular weight excluding hydrogens is 466 g/mol. The number of aromatic nitrogens is 3. The summed E-state index contributed by atoms with van der Waals surface area (Å²) in [5.41, 5.74) is 6.30. The van der Waals surface area contributed by atoms with Crippen LogP contribution in [-0.2, 0) is 29.5 Å². The average Bonchev–Trinajstić information content (AvgIpc) is 3.60. The number of ether oxygens (including phenoxy) is 1. The molecule has 2 fully saturated rings. The van der Waals surface area contributed by atoms with Crippen molar-refractivity contribution in [1.82, 2.24) is 19.4 Å². The van der Waals surface area contributed by atoms with E-state index in [-0.39, 0.29) is 11.8 Å². The predicted molar refractivity (Wildman–Crippen MR) is 142 cm³/mol. The topological polar surface area (TPSA) is 92.3 Å². The van der Waals surface area contributed by atoms with Gasteiger partial charge in [0.1, 0.15) is 11.9 Å². The number of aromatic amines is 1. The molecular formula is C29H31N5O3. The highest BCUT2D eigenvalue weighted by molar-refractivity contribution is 6.06. The maximum atomic E-state index is 13.8. The van der Waals surface area contributed by atoms with Crippen LogP contribution in [0.3, 0.4) is 0 Å². The number of benzene rings is 2. The van der Waals surface area contributed by atoms with E-state index in [4.69, 9.17) is 9.72 Å². The van der Waals surface area contributed by atoms with Crippen LogP contribution in [0.5, 0.6) is 0 Å². The number of nitrogens with one attached hydrogen (secondary N) is 2. The maximum Gasteiger partial charge on any atom is 0.254 e. The summed E-state index contributed by atoms with van der Waals surface area (Å²) in [4.78, 5) is 37.2. The quantitative estimate of drug-likeness (QED) is 0.430. The summed E-state index contributed by atoms with van der Waals surface area (Å²) in [6.07, 6.45) is 5.43. The molecule has 4 heterocycles. The third kappa shape index (κ3) is 3.73. The van der Waals surface area contributed by atoms with Gasteiger partial charge < -0.3 is 24.5 Å². The standard InChI is InChI=1S/C29H31N5O3/c1-33-26-22(31-27(33)17-6-4-7-17)14-18(15-23(26)32-28(35)25-10-5-13-37-25)29(36)34-12-11-20-19-8-2-3-9-21(19)30-24(20)16-34/h2-3,8-9,14-15,17,25,30H,4-7,10-13,16H2,1H3,(H,32,35). The lowest BCUT2D eigenvalue weighted by Crippen LogP contribution is -2.36. The smallest absolute Gasteiger partial charge is 0.254 e. The zero-order chi connectivity index (χ0) is 25.1. The molecule has 7 rings (SSSR count). The van der Waals surface area contributed by atoms with Gasteiger partial charge in [0.05, 0.1) is 23.3 Å². The Bertz CT molecular complexity index is 1540. The van der Waals surface area contributed by atoms with Crippen LogP contribution >= 0.6 is 0 Å². The van der Waals surface area contributed by atoms with Crippen molar-refractivity contribution in [3.63, 3.8) is 0 Å². The first-order valence-corrected chi connectivity index (χ1v) is 13.4. The van der Waals surface area contributed by atoms with Crippen LogP contribution in [0.4, 0.5) is 5.69 Å². The summed E-state index contributed by atoms with van der Waals surface area (Å²) >= 11 is 0. The molecule has 2 N–H and O–H groups in total. The summed E-state index contributed by atoms with van der Waals surface area (Å²) < 4.78 is 7.71. The number of imidazole rings is 1. The Labute approximate surface area is 215 Å².